The number of carboxylic acids is 1. The Morgan fingerprint density at radius 3 is 2.33 bits per heavy atom. The molecule has 5 rings (SSSR count). The second-order valence-corrected chi connectivity index (χ2v) is 9.33. The maximum atomic E-state index is 15.1. The molecule has 4 aromatic rings. The van der Waals surface area contributed by atoms with Crippen molar-refractivity contribution in [2.24, 2.45) is 5.92 Å². The highest BCUT2D eigenvalue weighted by Crippen LogP contribution is 2.28. The van der Waals surface area contributed by atoms with E-state index in [1.54, 1.807) is 22.9 Å². The third kappa shape index (κ3) is 4.73. The smallest absolute Gasteiger partial charge is 0.306 e. The first-order valence-electron chi connectivity index (χ1n) is 12.1. The number of carboxylic acid groups (broad SMARTS) is 1. The fourth-order valence-corrected chi connectivity index (χ4v) is 5.02. The molecule has 1 fully saturated rings. The van der Waals surface area contributed by atoms with Crippen LogP contribution in [0.3, 0.4) is 0 Å². The van der Waals surface area contributed by atoms with E-state index >= 15 is 4.39 Å². The highest BCUT2D eigenvalue weighted by molar-refractivity contribution is 6.06. The van der Waals surface area contributed by atoms with Gasteiger partial charge in [-0.25, -0.2) is 8.78 Å². The minimum atomic E-state index is -0.804. The molecule has 5 nitrogen and oxygen atoms in total. The Balaban J connectivity index is 1.40. The molecule has 0 saturated heterocycles. The van der Waals surface area contributed by atoms with Crippen molar-refractivity contribution in [1.82, 2.24) is 9.88 Å². The van der Waals surface area contributed by atoms with E-state index < -0.39 is 11.8 Å². The summed E-state index contributed by atoms with van der Waals surface area (Å²) in [5.41, 5.74) is 2.80. The largest absolute Gasteiger partial charge is 0.481 e. The van der Waals surface area contributed by atoms with Gasteiger partial charge < -0.3 is 15.0 Å². The number of aliphatic carboxylic acids is 1. The van der Waals surface area contributed by atoms with Gasteiger partial charge in [0.05, 0.1) is 23.5 Å². The molecule has 0 unspecified atom stereocenters. The summed E-state index contributed by atoms with van der Waals surface area (Å²) in [5, 5.41) is 12.5. The molecular weight excluding hydrogens is 462 g/mol. The van der Waals surface area contributed by atoms with E-state index in [0.717, 1.165) is 11.1 Å². The van der Waals surface area contributed by atoms with E-state index in [9.17, 15) is 19.1 Å². The van der Waals surface area contributed by atoms with Crippen molar-refractivity contribution in [1.29, 1.82) is 0 Å². The summed E-state index contributed by atoms with van der Waals surface area (Å²) >= 11 is 0. The number of carbonyl (C=O) groups is 2. The SMILES string of the molecule is O=C(NC1CCC(C(=O)O)CC1)c1ccc(F)c2ccn(Cc3ccc(-c4ccccc4)cc3F)c12. The number of aromatic nitrogens is 1. The second kappa shape index (κ2) is 9.93. The van der Waals surface area contributed by atoms with Gasteiger partial charge in [0.2, 0.25) is 0 Å². The quantitative estimate of drug-likeness (QED) is 0.349. The van der Waals surface area contributed by atoms with Crippen LogP contribution in [0.15, 0.2) is 72.9 Å². The number of hydrogen-bond acceptors (Lipinski definition) is 2. The topological polar surface area (TPSA) is 71.3 Å². The van der Waals surface area contributed by atoms with Crippen molar-refractivity contribution in [3.05, 3.63) is 95.7 Å². The summed E-state index contributed by atoms with van der Waals surface area (Å²) in [6.45, 7) is 0.137. The average Bonchev–Trinajstić information content (AvgIpc) is 3.31. The van der Waals surface area contributed by atoms with Crippen LogP contribution in [0, 0.1) is 17.6 Å². The fourth-order valence-electron chi connectivity index (χ4n) is 5.02. The molecule has 1 aromatic heterocycles. The lowest BCUT2D eigenvalue weighted by Crippen LogP contribution is -2.38. The van der Waals surface area contributed by atoms with Crippen LogP contribution in [0.4, 0.5) is 8.78 Å². The van der Waals surface area contributed by atoms with Gasteiger partial charge in [-0.3, -0.25) is 9.59 Å². The number of nitrogens with zero attached hydrogens (tertiary/aromatic N) is 1. The van der Waals surface area contributed by atoms with Crippen LogP contribution in [0.2, 0.25) is 0 Å². The van der Waals surface area contributed by atoms with E-state index in [2.05, 4.69) is 5.32 Å². The van der Waals surface area contributed by atoms with Crippen LogP contribution in [0.5, 0.6) is 0 Å². The molecule has 1 aliphatic carbocycles. The zero-order valence-corrected chi connectivity index (χ0v) is 19.6. The van der Waals surface area contributed by atoms with Gasteiger partial charge in [-0.2, -0.15) is 0 Å². The van der Waals surface area contributed by atoms with E-state index in [1.165, 1.54) is 18.2 Å². The molecule has 0 bridgehead atoms. The average molecular weight is 489 g/mol. The zero-order valence-electron chi connectivity index (χ0n) is 19.6. The Bertz CT molecular complexity index is 1420. The first-order valence-corrected chi connectivity index (χ1v) is 12.1. The van der Waals surface area contributed by atoms with Gasteiger partial charge in [-0.15, -0.1) is 0 Å². The number of amides is 1. The lowest BCUT2D eigenvalue weighted by molar-refractivity contribution is -0.142. The van der Waals surface area contributed by atoms with E-state index in [4.69, 9.17) is 0 Å². The van der Waals surface area contributed by atoms with E-state index in [0.29, 0.717) is 47.7 Å². The number of rotatable bonds is 6. The number of hydrogen-bond donors (Lipinski definition) is 2. The molecule has 184 valence electrons. The summed E-state index contributed by atoms with van der Waals surface area (Å²) in [7, 11) is 0. The maximum Gasteiger partial charge on any atom is 0.306 e. The van der Waals surface area contributed by atoms with E-state index in [1.807, 2.05) is 36.4 Å². The van der Waals surface area contributed by atoms with E-state index in [-0.39, 0.29) is 30.2 Å². The minimum absolute atomic E-state index is 0.137. The molecule has 1 heterocycles. The number of benzene rings is 3. The summed E-state index contributed by atoms with van der Waals surface area (Å²) < 4.78 is 31.3. The third-order valence-corrected chi connectivity index (χ3v) is 7.03. The summed E-state index contributed by atoms with van der Waals surface area (Å²) in [5.74, 6) is -2.37. The molecule has 0 radical (unpaired) electrons. The molecule has 7 heteroatoms. The van der Waals surface area contributed by atoms with Gasteiger partial charge in [-0.05, 0) is 61.1 Å². The van der Waals surface area contributed by atoms with Crippen LogP contribution in [-0.4, -0.2) is 27.6 Å². The Kier molecular flexibility index (Phi) is 6.55. The van der Waals surface area contributed by atoms with Crippen molar-refractivity contribution in [2.75, 3.05) is 0 Å². The number of nitrogens with one attached hydrogen (secondary N) is 1. The van der Waals surface area contributed by atoms with Crippen molar-refractivity contribution in [3.8, 4) is 11.1 Å². The first kappa shape index (κ1) is 23.7. The van der Waals surface area contributed by atoms with Crippen LogP contribution in [0.25, 0.3) is 22.0 Å². The minimum Gasteiger partial charge on any atom is -0.481 e. The zero-order chi connectivity index (χ0) is 25.2. The number of halogens is 2. The monoisotopic (exact) mass is 488 g/mol. The van der Waals surface area contributed by atoms with Gasteiger partial charge in [0, 0.05) is 23.2 Å². The molecule has 0 spiro atoms. The summed E-state index contributed by atoms with van der Waals surface area (Å²) in [6, 6.07) is 18.7. The Hall–Kier alpha value is -4.00. The lowest BCUT2D eigenvalue weighted by Gasteiger charge is -2.27. The first-order chi connectivity index (χ1) is 17.4. The van der Waals surface area contributed by atoms with Crippen LogP contribution in [-0.2, 0) is 11.3 Å². The molecular formula is C29H26F2N2O3. The number of carbonyl (C=O) groups excluding carboxylic acids is 1. The maximum absolute atomic E-state index is 15.1. The summed E-state index contributed by atoms with van der Waals surface area (Å²) in [4.78, 5) is 24.4. The predicted molar refractivity (Wildman–Crippen MR) is 134 cm³/mol. The molecule has 1 saturated carbocycles. The van der Waals surface area contributed by atoms with Gasteiger partial charge in [0.15, 0.2) is 0 Å². The molecule has 0 atom stereocenters. The van der Waals surface area contributed by atoms with Gasteiger partial charge in [0.1, 0.15) is 11.6 Å². The Morgan fingerprint density at radius 1 is 0.889 bits per heavy atom. The highest BCUT2D eigenvalue weighted by Gasteiger charge is 2.27. The van der Waals surface area contributed by atoms with Crippen LogP contribution >= 0.6 is 0 Å². The highest BCUT2D eigenvalue weighted by atomic mass is 19.1. The lowest BCUT2D eigenvalue weighted by atomic mass is 9.86. The Morgan fingerprint density at radius 2 is 1.64 bits per heavy atom. The fraction of sp³-hybridized carbons (Fsp3) is 0.241. The van der Waals surface area contributed by atoms with Crippen LogP contribution < -0.4 is 5.32 Å². The second-order valence-electron chi connectivity index (χ2n) is 9.33. The van der Waals surface area contributed by atoms with Crippen molar-refractivity contribution < 1.29 is 23.5 Å². The van der Waals surface area contributed by atoms with Gasteiger partial charge in [0.25, 0.3) is 5.91 Å². The molecule has 1 aliphatic rings. The molecule has 36 heavy (non-hydrogen) atoms. The van der Waals surface area contributed by atoms with Crippen LogP contribution in [0.1, 0.15) is 41.6 Å². The summed E-state index contributed by atoms with van der Waals surface area (Å²) in [6.07, 6.45) is 3.83. The van der Waals surface area contributed by atoms with Crippen molar-refractivity contribution in [3.63, 3.8) is 0 Å². The van der Waals surface area contributed by atoms with Gasteiger partial charge >= 0.3 is 5.97 Å². The normalized spacial score (nSPS) is 17.7. The van der Waals surface area contributed by atoms with Gasteiger partial charge in [-0.1, -0.05) is 42.5 Å². The standard InChI is InChI=1S/C29H26F2N2O3/c30-25-13-12-24(28(34)32-22-10-8-19(9-11-22)29(35)36)27-23(25)14-15-33(27)17-21-7-6-20(16-26(21)31)18-4-2-1-3-5-18/h1-7,12-16,19,22H,8-11,17H2,(H,32,34)(H,35,36). The van der Waals surface area contributed by atoms with Crippen molar-refractivity contribution in [2.45, 2.75) is 38.3 Å². The molecule has 2 N–H and O–H groups in total. The Labute approximate surface area is 207 Å². The predicted octanol–water partition coefficient (Wildman–Crippen LogP) is 6.01. The third-order valence-electron chi connectivity index (χ3n) is 7.03. The molecule has 0 aliphatic heterocycles. The molecule has 3 aromatic carbocycles. The molecule has 1 amide bonds. The number of fused-ring (bicyclic) bond motifs is 1. The van der Waals surface area contributed by atoms with Crippen molar-refractivity contribution >= 4 is 22.8 Å².